The summed E-state index contributed by atoms with van der Waals surface area (Å²) in [5.74, 6) is -0.237. The zero-order valence-electron chi connectivity index (χ0n) is 16.2. The Morgan fingerprint density at radius 3 is 2.21 bits per heavy atom. The normalized spacial score (nSPS) is 11.7. The molecule has 0 bridgehead atoms. The summed E-state index contributed by atoms with van der Waals surface area (Å²) in [6, 6.07) is 15.7. The molecule has 3 amide bonds. The van der Waals surface area contributed by atoms with Gasteiger partial charge in [0.15, 0.2) is 0 Å². The Hall–Kier alpha value is -3.75. The maximum absolute atomic E-state index is 12.9. The smallest absolute Gasteiger partial charge is 0.319 e. The van der Waals surface area contributed by atoms with Gasteiger partial charge in [0, 0.05) is 23.8 Å². The van der Waals surface area contributed by atoms with Gasteiger partial charge in [-0.2, -0.15) is 0 Å². The number of hydrogen-bond acceptors (Lipinski definition) is 5. The third kappa shape index (κ3) is 5.86. The standard InChI is InChI=1S/C20H23N7O2/c1-14(2)22-20(29)24-17-10-8-16(9-11-17)23-19(28)18(27-13-21-25-26-27)12-15-6-4-3-5-7-15/h3-11,13-14,18H,12H2,1-2H3,(H,23,28)(H2,22,24,29). The Kier molecular flexibility index (Phi) is 6.51. The molecule has 29 heavy (non-hydrogen) atoms. The molecule has 0 aliphatic carbocycles. The van der Waals surface area contributed by atoms with Gasteiger partial charge in [-0.25, -0.2) is 9.48 Å². The van der Waals surface area contributed by atoms with Gasteiger partial charge in [0.2, 0.25) is 5.91 Å². The van der Waals surface area contributed by atoms with Crippen LogP contribution >= 0.6 is 0 Å². The van der Waals surface area contributed by atoms with Crippen molar-refractivity contribution in [2.75, 3.05) is 10.6 Å². The van der Waals surface area contributed by atoms with Gasteiger partial charge in [0.25, 0.3) is 0 Å². The first kappa shape index (κ1) is 20.0. The minimum atomic E-state index is -0.595. The summed E-state index contributed by atoms with van der Waals surface area (Å²) >= 11 is 0. The second kappa shape index (κ2) is 9.45. The topological polar surface area (TPSA) is 114 Å². The zero-order chi connectivity index (χ0) is 20.6. The van der Waals surface area contributed by atoms with Crippen molar-refractivity contribution >= 4 is 23.3 Å². The Bertz CT molecular complexity index is 925. The molecule has 3 rings (SSSR count). The fraction of sp³-hybridized carbons (Fsp3) is 0.250. The van der Waals surface area contributed by atoms with E-state index in [0.29, 0.717) is 17.8 Å². The van der Waals surface area contributed by atoms with Gasteiger partial charge in [-0.05, 0) is 54.1 Å². The fourth-order valence-corrected chi connectivity index (χ4v) is 2.75. The van der Waals surface area contributed by atoms with E-state index in [0.717, 1.165) is 5.56 Å². The molecule has 2 aromatic carbocycles. The summed E-state index contributed by atoms with van der Waals surface area (Å²) in [6.45, 7) is 3.77. The van der Waals surface area contributed by atoms with Gasteiger partial charge in [0.1, 0.15) is 12.4 Å². The molecule has 0 saturated heterocycles. The lowest BCUT2D eigenvalue weighted by Gasteiger charge is -2.17. The molecule has 0 radical (unpaired) electrons. The number of carbonyl (C=O) groups excluding carboxylic acids is 2. The Labute approximate surface area is 168 Å². The summed E-state index contributed by atoms with van der Waals surface area (Å²) < 4.78 is 1.44. The van der Waals surface area contributed by atoms with Crippen LogP contribution in [0.15, 0.2) is 60.9 Å². The van der Waals surface area contributed by atoms with Crippen molar-refractivity contribution in [2.45, 2.75) is 32.4 Å². The molecular weight excluding hydrogens is 370 g/mol. The number of anilines is 2. The minimum Gasteiger partial charge on any atom is -0.336 e. The van der Waals surface area contributed by atoms with Crippen molar-refractivity contribution < 1.29 is 9.59 Å². The lowest BCUT2D eigenvalue weighted by molar-refractivity contribution is -0.119. The number of amides is 3. The van der Waals surface area contributed by atoms with Gasteiger partial charge < -0.3 is 16.0 Å². The first-order valence-electron chi connectivity index (χ1n) is 9.26. The van der Waals surface area contributed by atoms with E-state index in [1.165, 1.54) is 11.0 Å². The quantitative estimate of drug-likeness (QED) is 0.571. The lowest BCUT2D eigenvalue weighted by atomic mass is 10.1. The van der Waals surface area contributed by atoms with Gasteiger partial charge in [-0.3, -0.25) is 4.79 Å². The van der Waals surface area contributed by atoms with Gasteiger partial charge in [-0.1, -0.05) is 30.3 Å². The van der Waals surface area contributed by atoms with Crippen LogP contribution in [-0.2, 0) is 11.2 Å². The molecule has 1 atom stereocenters. The van der Waals surface area contributed by atoms with E-state index in [9.17, 15) is 9.59 Å². The Balaban J connectivity index is 1.67. The van der Waals surface area contributed by atoms with Crippen molar-refractivity contribution in [3.63, 3.8) is 0 Å². The molecule has 0 spiro atoms. The summed E-state index contributed by atoms with van der Waals surface area (Å²) in [6.07, 6.45) is 1.88. The van der Waals surface area contributed by atoms with Gasteiger partial charge in [-0.15, -0.1) is 5.10 Å². The number of rotatable bonds is 7. The van der Waals surface area contributed by atoms with E-state index < -0.39 is 6.04 Å². The number of carbonyl (C=O) groups is 2. The Morgan fingerprint density at radius 1 is 0.966 bits per heavy atom. The van der Waals surface area contributed by atoms with E-state index in [-0.39, 0.29) is 18.0 Å². The molecule has 0 saturated carbocycles. The highest BCUT2D eigenvalue weighted by molar-refractivity contribution is 5.94. The number of tetrazole rings is 1. The molecule has 0 aliphatic heterocycles. The number of urea groups is 1. The number of aromatic nitrogens is 4. The molecule has 9 heteroatoms. The van der Waals surface area contributed by atoms with Crippen molar-refractivity contribution in [1.29, 1.82) is 0 Å². The summed E-state index contributed by atoms with van der Waals surface area (Å²) in [7, 11) is 0. The van der Waals surface area contributed by atoms with Gasteiger partial charge in [0.05, 0.1) is 0 Å². The predicted molar refractivity (Wildman–Crippen MR) is 109 cm³/mol. The van der Waals surface area contributed by atoms with Crippen LogP contribution in [0.25, 0.3) is 0 Å². The zero-order valence-corrected chi connectivity index (χ0v) is 16.2. The molecule has 1 unspecified atom stereocenters. The third-order valence-electron chi connectivity index (χ3n) is 4.09. The van der Waals surface area contributed by atoms with E-state index >= 15 is 0 Å². The molecule has 3 aromatic rings. The molecule has 3 N–H and O–H groups in total. The Morgan fingerprint density at radius 2 is 1.62 bits per heavy atom. The van der Waals surface area contributed by atoms with Crippen LogP contribution < -0.4 is 16.0 Å². The van der Waals surface area contributed by atoms with E-state index in [4.69, 9.17) is 0 Å². The molecule has 150 valence electrons. The largest absolute Gasteiger partial charge is 0.336 e. The third-order valence-corrected chi connectivity index (χ3v) is 4.09. The molecule has 1 heterocycles. The highest BCUT2D eigenvalue weighted by Gasteiger charge is 2.22. The van der Waals surface area contributed by atoms with Crippen molar-refractivity contribution in [2.24, 2.45) is 0 Å². The van der Waals surface area contributed by atoms with E-state index in [2.05, 4.69) is 31.5 Å². The second-order valence-corrected chi connectivity index (χ2v) is 6.82. The van der Waals surface area contributed by atoms with E-state index in [1.54, 1.807) is 24.3 Å². The van der Waals surface area contributed by atoms with Crippen LogP contribution in [0, 0.1) is 0 Å². The van der Waals surface area contributed by atoms with Crippen molar-refractivity contribution in [1.82, 2.24) is 25.5 Å². The van der Waals surface area contributed by atoms with Gasteiger partial charge >= 0.3 is 6.03 Å². The van der Waals surface area contributed by atoms with Crippen LogP contribution in [0.5, 0.6) is 0 Å². The van der Waals surface area contributed by atoms with Crippen LogP contribution in [0.4, 0.5) is 16.2 Å². The number of nitrogens with zero attached hydrogens (tertiary/aromatic N) is 4. The van der Waals surface area contributed by atoms with Crippen LogP contribution in [0.2, 0.25) is 0 Å². The SMILES string of the molecule is CC(C)NC(=O)Nc1ccc(NC(=O)C(Cc2ccccc2)n2cnnn2)cc1. The maximum Gasteiger partial charge on any atom is 0.319 e. The molecule has 1 aromatic heterocycles. The van der Waals surface area contributed by atoms with E-state index in [1.807, 2.05) is 44.2 Å². The second-order valence-electron chi connectivity index (χ2n) is 6.82. The molecule has 9 nitrogen and oxygen atoms in total. The average molecular weight is 393 g/mol. The summed E-state index contributed by atoms with van der Waals surface area (Å²) in [5, 5.41) is 19.5. The van der Waals surface area contributed by atoms with Crippen LogP contribution in [0.1, 0.15) is 25.5 Å². The number of hydrogen-bond donors (Lipinski definition) is 3. The number of benzene rings is 2. The molecule has 0 aliphatic rings. The predicted octanol–water partition coefficient (Wildman–Crippen LogP) is 2.63. The highest BCUT2D eigenvalue weighted by Crippen LogP contribution is 2.18. The first-order chi connectivity index (χ1) is 14.0. The maximum atomic E-state index is 12.9. The fourth-order valence-electron chi connectivity index (χ4n) is 2.75. The minimum absolute atomic E-state index is 0.0429. The van der Waals surface area contributed by atoms with Crippen molar-refractivity contribution in [3.05, 3.63) is 66.5 Å². The summed E-state index contributed by atoms with van der Waals surface area (Å²) in [4.78, 5) is 24.7. The highest BCUT2D eigenvalue weighted by atomic mass is 16.2. The van der Waals surface area contributed by atoms with Crippen LogP contribution in [0.3, 0.4) is 0 Å². The van der Waals surface area contributed by atoms with Crippen LogP contribution in [-0.4, -0.2) is 38.2 Å². The number of nitrogens with one attached hydrogen (secondary N) is 3. The first-order valence-corrected chi connectivity index (χ1v) is 9.26. The average Bonchev–Trinajstić information content (AvgIpc) is 3.22. The summed E-state index contributed by atoms with van der Waals surface area (Å²) in [5.41, 5.74) is 2.23. The lowest BCUT2D eigenvalue weighted by Crippen LogP contribution is -2.34. The molecule has 0 fully saturated rings. The monoisotopic (exact) mass is 393 g/mol. The molecular formula is C20H23N7O2. The van der Waals surface area contributed by atoms with Crippen molar-refractivity contribution in [3.8, 4) is 0 Å².